The topological polar surface area (TPSA) is 21.3 Å². The number of ether oxygens (including phenoxy) is 1. The van der Waals surface area contributed by atoms with Gasteiger partial charge in [0.2, 0.25) is 0 Å². The van der Waals surface area contributed by atoms with Gasteiger partial charge in [-0.3, -0.25) is 0 Å². The second-order valence-electron chi connectivity index (χ2n) is 6.14. The maximum Gasteiger partial charge on any atom is 0.0467 e. The highest BCUT2D eigenvalue weighted by atomic mass is 32.1. The molecule has 0 radical (unpaired) electrons. The van der Waals surface area contributed by atoms with E-state index in [-0.39, 0.29) is 5.41 Å². The number of nitrogens with one attached hydrogen (secondary N) is 1. The van der Waals surface area contributed by atoms with Crippen LogP contribution in [0.15, 0.2) is 42.5 Å². The van der Waals surface area contributed by atoms with Gasteiger partial charge in [0.1, 0.15) is 0 Å². The van der Waals surface area contributed by atoms with Gasteiger partial charge in [0.15, 0.2) is 0 Å². The third kappa shape index (κ3) is 5.27. The van der Waals surface area contributed by atoms with Crippen LogP contribution in [0.5, 0.6) is 0 Å². The van der Waals surface area contributed by atoms with E-state index in [9.17, 15) is 0 Å². The van der Waals surface area contributed by atoms with Gasteiger partial charge in [-0.1, -0.05) is 44.2 Å². The Morgan fingerprint density at radius 2 is 1.86 bits per heavy atom. The molecule has 2 nitrogen and oxygen atoms in total. The summed E-state index contributed by atoms with van der Waals surface area (Å²) in [5, 5.41) is 3.57. The van der Waals surface area contributed by atoms with Gasteiger partial charge in [-0.15, -0.1) is 11.3 Å². The van der Waals surface area contributed by atoms with Crippen LogP contribution in [0.25, 0.3) is 10.4 Å². The molecular weight excluding hydrogens is 278 g/mol. The fourth-order valence-electron chi connectivity index (χ4n) is 2.22. The summed E-state index contributed by atoms with van der Waals surface area (Å²) in [6, 6.07) is 15.0. The van der Waals surface area contributed by atoms with Crippen molar-refractivity contribution < 1.29 is 4.74 Å². The van der Waals surface area contributed by atoms with Gasteiger partial charge < -0.3 is 10.1 Å². The molecule has 0 atom stereocenters. The Labute approximate surface area is 132 Å². The predicted octanol–water partition coefficient (Wildman–Crippen LogP) is 4.57. The Balaban J connectivity index is 1.83. The van der Waals surface area contributed by atoms with Gasteiger partial charge in [0, 0.05) is 36.6 Å². The van der Waals surface area contributed by atoms with Crippen LogP contribution in [0.3, 0.4) is 0 Å². The zero-order chi connectivity index (χ0) is 15.1. The van der Waals surface area contributed by atoms with Gasteiger partial charge >= 0.3 is 0 Å². The first-order valence-electron chi connectivity index (χ1n) is 7.44. The molecule has 0 aliphatic heterocycles. The van der Waals surface area contributed by atoms with Gasteiger partial charge in [-0.25, -0.2) is 0 Å². The summed E-state index contributed by atoms with van der Waals surface area (Å²) in [5.74, 6) is 0. The average Bonchev–Trinajstić information content (AvgIpc) is 2.95. The van der Waals surface area contributed by atoms with E-state index in [0.29, 0.717) is 0 Å². The molecule has 21 heavy (non-hydrogen) atoms. The van der Waals surface area contributed by atoms with Crippen molar-refractivity contribution in [3.63, 3.8) is 0 Å². The van der Waals surface area contributed by atoms with Crippen LogP contribution >= 0.6 is 11.3 Å². The number of benzene rings is 1. The lowest BCUT2D eigenvalue weighted by molar-refractivity contribution is 0.150. The van der Waals surface area contributed by atoms with E-state index in [1.807, 2.05) is 11.3 Å². The Morgan fingerprint density at radius 1 is 1.10 bits per heavy atom. The molecule has 0 fully saturated rings. The molecule has 1 aromatic carbocycles. The van der Waals surface area contributed by atoms with E-state index in [0.717, 1.165) is 26.1 Å². The minimum absolute atomic E-state index is 0.273. The van der Waals surface area contributed by atoms with Crippen LogP contribution in [0.4, 0.5) is 0 Å². The van der Waals surface area contributed by atoms with Crippen LogP contribution in [0, 0.1) is 5.41 Å². The maximum absolute atomic E-state index is 5.17. The SMILES string of the molecule is COCCC(C)(C)CNCc1ccc(-c2ccccc2)s1. The van der Waals surface area contributed by atoms with E-state index in [1.54, 1.807) is 7.11 Å². The number of methoxy groups -OCH3 is 1. The maximum atomic E-state index is 5.17. The highest BCUT2D eigenvalue weighted by Crippen LogP contribution is 2.28. The summed E-state index contributed by atoms with van der Waals surface area (Å²) < 4.78 is 5.17. The second-order valence-corrected chi connectivity index (χ2v) is 7.31. The van der Waals surface area contributed by atoms with Crippen molar-refractivity contribution in [2.45, 2.75) is 26.8 Å². The summed E-state index contributed by atoms with van der Waals surface area (Å²) in [5.41, 5.74) is 1.57. The highest BCUT2D eigenvalue weighted by molar-refractivity contribution is 7.15. The van der Waals surface area contributed by atoms with E-state index in [4.69, 9.17) is 4.74 Å². The summed E-state index contributed by atoms with van der Waals surface area (Å²) >= 11 is 1.87. The quantitative estimate of drug-likeness (QED) is 0.771. The fraction of sp³-hybridized carbons (Fsp3) is 0.444. The minimum atomic E-state index is 0.273. The Kier molecular flexibility index (Phi) is 5.97. The van der Waals surface area contributed by atoms with Crippen LogP contribution in [0.2, 0.25) is 0 Å². The molecule has 1 N–H and O–H groups in total. The van der Waals surface area contributed by atoms with E-state index in [1.165, 1.54) is 15.3 Å². The first-order valence-corrected chi connectivity index (χ1v) is 8.26. The van der Waals surface area contributed by atoms with Crippen LogP contribution in [0.1, 0.15) is 25.1 Å². The van der Waals surface area contributed by atoms with Crippen molar-refractivity contribution in [1.82, 2.24) is 5.32 Å². The van der Waals surface area contributed by atoms with Crippen molar-refractivity contribution in [2.75, 3.05) is 20.3 Å². The number of hydrogen-bond acceptors (Lipinski definition) is 3. The highest BCUT2D eigenvalue weighted by Gasteiger charge is 2.16. The molecule has 0 unspecified atom stereocenters. The zero-order valence-electron chi connectivity index (χ0n) is 13.2. The summed E-state index contributed by atoms with van der Waals surface area (Å²) in [6.45, 7) is 7.33. The summed E-state index contributed by atoms with van der Waals surface area (Å²) in [4.78, 5) is 2.72. The third-order valence-electron chi connectivity index (χ3n) is 3.61. The molecule has 0 bridgehead atoms. The molecule has 0 saturated heterocycles. The molecule has 0 aliphatic carbocycles. The van der Waals surface area contributed by atoms with Gasteiger partial charge in [-0.2, -0.15) is 0 Å². The van der Waals surface area contributed by atoms with Gasteiger partial charge in [0.25, 0.3) is 0 Å². The summed E-state index contributed by atoms with van der Waals surface area (Å²) in [7, 11) is 1.76. The molecule has 2 aromatic rings. The lowest BCUT2D eigenvalue weighted by atomic mass is 9.90. The lowest BCUT2D eigenvalue weighted by Gasteiger charge is -2.24. The van der Waals surface area contributed by atoms with Crippen LogP contribution in [-0.4, -0.2) is 20.3 Å². The normalized spacial score (nSPS) is 11.8. The third-order valence-corrected chi connectivity index (χ3v) is 4.74. The molecule has 114 valence electrons. The number of hydrogen-bond donors (Lipinski definition) is 1. The minimum Gasteiger partial charge on any atom is -0.385 e. The molecule has 0 saturated carbocycles. The fourth-order valence-corrected chi connectivity index (χ4v) is 3.20. The molecule has 3 heteroatoms. The van der Waals surface area contributed by atoms with Crippen molar-refractivity contribution in [3.8, 4) is 10.4 Å². The average molecular weight is 303 g/mol. The first-order chi connectivity index (χ1) is 10.1. The predicted molar refractivity (Wildman–Crippen MR) is 91.7 cm³/mol. The monoisotopic (exact) mass is 303 g/mol. The molecule has 1 aromatic heterocycles. The number of rotatable bonds is 8. The van der Waals surface area contributed by atoms with Gasteiger partial charge in [-0.05, 0) is 29.5 Å². The largest absolute Gasteiger partial charge is 0.385 e. The summed E-state index contributed by atoms with van der Waals surface area (Å²) in [6.07, 6.45) is 1.08. The first kappa shape index (κ1) is 16.2. The van der Waals surface area contributed by atoms with Gasteiger partial charge in [0.05, 0.1) is 0 Å². The smallest absolute Gasteiger partial charge is 0.0467 e. The molecule has 0 amide bonds. The van der Waals surface area contributed by atoms with Crippen LogP contribution in [-0.2, 0) is 11.3 Å². The molecule has 0 spiro atoms. The van der Waals surface area contributed by atoms with Crippen molar-refractivity contribution >= 4 is 11.3 Å². The van der Waals surface area contributed by atoms with E-state index >= 15 is 0 Å². The lowest BCUT2D eigenvalue weighted by Crippen LogP contribution is -2.29. The number of thiophene rings is 1. The van der Waals surface area contributed by atoms with Crippen molar-refractivity contribution in [2.24, 2.45) is 5.41 Å². The van der Waals surface area contributed by atoms with Crippen LogP contribution < -0.4 is 5.32 Å². The second kappa shape index (κ2) is 7.74. The van der Waals surface area contributed by atoms with Crippen molar-refractivity contribution in [1.29, 1.82) is 0 Å². The molecule has 1 heterocycles. The Hall–Kier alpha value is -1.16. The Morgan fingerprint density at radius 3 is 2.57 bits per heavy atom. The van der Waals surface area contributed by atoms with E-state index in [2.05, 4.69) is 61.6 Å². The van der Waals surface area contributed by atoms with E-state index < -0.39 is 0 Å². The standard InChI is InChI=1S/C18H25NOS/c1-18(2,11-12-20-3)14-19-13-16-9-10-17(21-16)15-7-5-4-6-8-15/h4-10,19H,11-14H2,1-3H3. The Bertz CT molecular complexity index is 533. The molecular formula is C18H25NOS. The molecule has 0 aliphatic rings. The molecule has 2 rings (SSSR count). The zero-order valence-corrected chi connectivity index (χ0v) is 14.0. The van der Waals surface area contributed by atoms with Crippen molar-refractivity contribution in [3.05, 3.63) is 47.3 Å².